The van der Waals surface area contributed by atoms with Crippen molar-refractivity contribution in [3.8, 4) is 0 Å². The molecule has 1 unspecified atom stereocenters. The standard InChI is InChI=1S/C20H26N4O.HI/c1-16(18-11-7-4-8-12-18)24-20(21-2)23-15-19(25)22-14-13-17-9-5-3-6-10-17;/h3-12,16H,13-15H2,1-2H3,(H,22,25)(H2,21,23,24);1H. The van der Waals surface area contributed by atoms with E-state index in [0.29, 0.717) is 12.5 Å². The minimum atomic E-state index is -0.0498. The Bertz CT molecular complexity index is 677. The maximum absolute atomic E-state index is 12.0. The van der Waals surface area contributed by atoms with Gasteiger partial charge in [0, 0.05) is 13.6 Å². The number of benzene rings is 2. The van der Waals surface area contributed by atoms with Gasteiger partial charge in [-0.3, -0.25) is 9.79 Å². The summed E-state index contributed by atoms with van der Waals surface area (Å²) in [7, 11) is 1.69. The van der Waals surface area contributed by atoms with Crippen molar-refractivity contribution in [3.05, 3.63) is 71.8 Å². The number of hydrogen-bond acceptors (Lipinski definition) is 2. The molecule has 26 heavy (non-hydrogen) atoms. The number of hydrogen-bond donors (Lipinski definition) is 3. The summed E-state index contributed by atoms with van der Waals surface area (Å²) in [5.74, 6) is 0.556. The molecule has 0 aliphatic carbocycles. The van der Waals surface area contributed by atoms with E-state index in [9.17, 15) is 4.79 Å². The van der Waals surface area contributed by atoms with E-state index in [1.54, 1.807) is 7.05 Å². The Kier molecular flexibility index (Phi) is 10.4. The second kappa shape index (κ2) is 12.3. The highest BCUT2D eigenvalue weighted by Gasteiger charge is 2.08. The fraction of sp³-hybridized carbons (Fsp3) is 0.300. The summed E-state index contributed by atoms with van der Waals surface area (Å²) in [6.45, 7) is 2.87. The fourth-order valence-corrected chi connectivity index (χ4v) is 2.44. The number of amides is 1. The van der Waals surface area contributed by atoms with Crippen LogP contribution in [0.5, 0.6) is 0 Å². The first-order valence-corrected chi connectivity index (χ1v) is 8.52. The lowest BCUT2D eigenvalue weighted by Gasteiger charge is -2.18. The Hall–Kier alpha value is -2.09. The third-order valence-electron chi connectivity index (χ3n) is 3.87. The van der Waals surface area contributed by atoms with Crippen LogP contribution in [0.2, 0.25) is 0 Å². The lowest BCUT2D eigenvalue weighted by Crippen LogP contribution is -2.44. The number of nitrogens with zero attached hydrogens (tertiary/aromatic N) is 1. The molecule has 3 N–H and O–H groups in total. The minimum Gasteiger partial charge on any atom is -0.354 e. The van der Waals surface area contributed by atoms with Crippen LogP contribution < -0.4 is 16.0 Å². The van der Waals surface area contributed by atoms with Crippen LogP contribution in [0.15, 0.2) is 65.7 Å². The van der Waals surface area contributed by atoms with Gasteiger partial charge in [-0.2, -0.15) is 0 Å². The summed E-state index contributed by atoms with van der Waals surface area (Å²) < 4.78 is 0. The molecule has 2 rings (SSSR count). The first-order valence-electron chi connectivity index (χ1n) is 8.52. The van der Waals surface area contributed by atoms with Crippen LogP contribution in [-0.2, 0) is 11.2 Å². The highest BCUT2D eigenvalue weighted by atomic mass is 127. The molecular weight excluding hydrogens is 439 g/mol. The number of rotatable bonds is 7. The molecular formula is C20H27IN4O. The molecule has 140 valence electrons. The molecule has 0 fully saturated rings. The Morgan fingerprint density at radius 2 is 1.62 bits per heavy atom. The Labute approximate surface area is 172 Å². The van der Waals surface area contributed by atoms with Crippen molar-refractivity contribution in [2.24, 2.45) is 4.99 Å². The summed E-state index contributed by atoms with van der Waals surface area (Å²) >= 11 is 0. The average molecular weight is 466 g/mol. The predicted octanol–water partition coefficient (Wildman–Crippen LogP) is 2.89. The van der Waals surface area contributed by atoms with E-state index >= 15 is 0 Å². The number of guanidine groups is 1. The lowest BCUT2D eigenvalue weighted by molar-refractivity contribution is -0.119. The molecule has 0 saturated heterocycles. The second-order valence-electron chi connectivity index (χ2n) is 5.79. The normalized spacial score (nSPS) is 11.8. The fourth-order valence-electron chi connectivity index (χ4n) is 2.44. The third-order valence-corrected chi connectivity index (χ3v) is 3.87. The summed E-state index contributed by atoms with van der Waals surface area (Å²) in [5.41, 5.74) is 2.38. The maximum Gasteiger partial charge on any atom is 0.239 e. The molecule has 0 radical (unpaired) electrons. The monoisotopic (exact) mass is 466 g/mol. The van der Waals surface area contributed by atoms with Crippen LogP contribution in [0.3, 0.4) is 0 Å². The number of halogens is 1. The number of aliphatic imine (C=N–C) groups is 1. The topological polar surface area (TPSA) is 65.5 Å². The lowest BCUT2D eigenvalue weighted by atomic mass is 10.1. The van der Waals surface area contributed by atoms with Gasteiger partial charge in [-0.15, -0.1) is 24.0 Å². The molecule has 0 heterocycles. The SMILES string of the molecule is CN=C(NCC(=O)NCCc1ccccc1)NC(C)c1ccccc1.I. The maximum atomic E-state index is 12.0. The molecule has 5 nitrogen and oxygen atoms in total. The van der Waals surface area contributed by atoms with Gasteiger partial charge in [0.05, 0.1) is 12.6 Å². The quantitative estimate of drug-likeness (QED) is 0.334. The molecule has 0 saturated carbocycles. The molecule has 1 amide bonds. The zero-order chi connectivity index (χ0) is 17.9. The van der Waals surface area contributed by atoms with E-state index < -0.39 is 0 Å². The van der Waals surface area contributed by atoms with Crippen molar-refractivity contribution >= 4 is 35.8 Å². The van der Waals surface area contributed by atoms with E-state index in [0.717, 1.165) is 12.0 Å². The molecule has 2 aromatic rings. The molecule has 0 bridgehead atoms. The Morgan fingerprint density at radius 3 is 2.23 bits per heavy atom. The second-order valence-corrected chi connectivity index (χ2v) is 5.79. The van der Waals surface area contributed by atoms with Crippen LogP contribution in [0.25, 0.3) is 0 Å². The first-order chi connectivity index (χ1) is 12.2. The zero-order valence-corrected chi connectivity index (χ0v) is 17.6. The molecule has 2 aromatic carbocycles. The molecule has 0 spiro atoms. The molecule has 6 heteroatoms. The van der Waals surface area contributed by atoms with Crippen LogP contribution >= 0.6 is 24.0 Å². The van der Waals surface area contributed by atoms with Crippen molar-refractivity contribution in [3.63, 3.8) is 0 Å². The van der Waals surface area contributed by atoms with Gasteiger partial charge in [0.1, 0.15) is 0 Å². The van der Waals surface area contributed by atoms with E-state index in [1.807, 2.05) is 36.4 Å². The number of carbonyl (C=O) groups is 1. The summed E-state index contributed by atoms with van der Waals surface area (Å²) in [6, 6.07) is 20.3. The summed E-state index contributed by atoms with van der Waals surface area (Å²) in [6.07, 6.45) is 0.824. The van der Waals surface area contributed by atoms with Gasteiger partial charge in [0.15, 0.2) is 5.96 Å². The highest BCUT2D eigenvalue weighted by Crippen LogP contribution is 2.10. The number of nitrogens with one attached hydrogen (secondary N) is 3. The van der Waals surface area contributed by atoms with Gasteiger partial charge in [-0.1, -0.05) is 60.7 Å². The predicted molar refractivity (Wildman–Crippen MR) is 118 cm³/mol. The van der Waals surface area contributed by atoms with Crippen molar-refractivity contribution in [2.75, 3.05) is 20.1 Å². The van der Waals surface area contributed by atoms with Crippen molar-refractivity contribution < 1.29 is 4.79 Å². The third kappa shape index (κ3) is 7.86. The largest absolute Gasteiger partial charge is 0.354 e. The van der Waals surface area contributed by atoms with Gasteiger partial charge in [0.2, 0.25) is 5.91 Å². The van der Waals surface area contributed by atoms with Crippen LogP contribution in [0.4, 0.5) is 0 Å². The highest BCUT2D eigenvalue weighted by molar-refractivity contribution is 14.0. The van der Waals surface area contributed by atoms with Gasteiger partial charge < -0.3 is 16.0 Å². The van der Waals surface area contributed by atoms with Crippen molar-refractivity contribution in [2.45, 2.75) is 19.4 Å². The molecule has 1 atom stereocenters. The van der Waals surface area contributed by atoms with Gasteiger partial charge in [-0.05, 0) is 24.5 Å². The summed E-state index contributed by atoms with van der Waals surface area (Å²) in [4.78, 5) is 16.1. The summed E-state index contributed by atoms with van der Waals surface area (Å²) in [5, 5.41) is 9.24. The van der Waals surface area contributed by atoms with E-state index in [-0.39, 0.29) is 42.5 Å². The molecule has 0 aliphatic rings. The van der Waals surface area contributed by atoms with E-state index in [4.69, 9.17) is 0 Å². The van der Waals surface area contributed by atoms with Crippen LogP contribution in [0, 0.1) is 0 Å². The van der Waals surface area contributed by atoms with Gasteiger partial charge >= 0.3 is 0 Å². The van der Waals surface area contributed by atoms with E-state index in [1.165, 1.54) is 5.56 Å². The van der Waals surface area contributed by atoms with Crippen molar-refractivity contribution in [1.29, 1.82) is 0 Å². The molecule has 0 aromatic heterocycles. The smallest absolute Gasteiger partial charge is 0.239 e. The van der Waals surface area contributed by atoms with E-state index in [2.05, 4.69) is 52.1 Å². The number of carbonyl (C=O) groups excluding carboxylic acids is 1. The zero-order valence-electron chi connectivity index (χ0n) is 15.2. The Balaban J connectivity index is 0.00000338. The first kappa shape index (κ1) is 22.0. The minimum absolute atomic E-state index is 0. The van der Waals surface area contributed by atoms with Gasteiger partial charge in [-0.25, -0.2) is 0 Å². The average Bonchev–Trinajstić information content (AvgIpc) is 2.66. The molecule has 0 aliphatic heterocycles. The van der Waals surface area contributed by atoms with Gasteiger partial charge in [0.25, 0.3) is 0 Å². The van der Waals surface area contributed by atoms with Crippen LogP contribution in [0.1, 0.15) is 24.1 Å². The van der Waals surface area contributed by atoms with Crippen molar-refractivity contribution in [1.82, 2.24) is 16.0 Å². The van der Waals surface area contributed by atoms with Crippen LogP contribution in [-0.4, -0.2) is 32.0 Å². The Morgan fingerprint density at radius 1 is 1.00 bits per heavy atom.